The summed E-state index contributed by atoms with van der Waals surface area (Å²) in [7, 11) is 0. The van der Waals surface area contributed by atoms with Gasteiger partial charge in [-0.05, 0) is 35.9 Å². The molecule has 0 spiro atoms. The summed E-state index contributed by atoms with van der Waals surface area (Å²) >= 11 is 3.30. The Kier molecular flexibility index (Phi) is 4.34. The molecule has 3 N–H and O–H groups in total. The molecule has 0 saturated carbocycles. The largest absolute Gasteiger partial charge is 0.370 e. The van der Waals surface area contributed by atoms with Gasteiger partial charge in [0.25, 0.3) is 0 Å². The fourth-order valence-electron chi connectivity index (χ4n) is 1.76. The molecular weight excluding hydrogens is 330 g/mol. The first-order valence-electron chi connectivity index (χ1n) is 5.74. The van der Waals surface area contributed by atoms with Crippen molar-refractivity contribution in [1.82, 2.24) is 0 Å². The van der Waals surface area contributed by atoms with E-state index in [2.05, 4.69) is 21.2 Å². The van der Waals surface area contributed by atoms with E-state index in [0.717, 1.165) is 16.6 Å². The van der Waals surface area contributed by atoms with E-state index < -0.39 is 23.6 Å². The summed E-state index contributed by atoms with van der Waals surface area (Å²) in [4.78, 5) is 11.5. The van der Waals surface area contributed by atoms with E-state index >= 15 is 0 Å². The number of hydrogen-bond donors (Lipinski definition) is 2. The van der Waals surface area contributed by atoms with Crippen molar-refractivity contribution in [2.75, 3.05) is 5.32 Å². The van der Waals surface area contributed by atoms with Crippen molar-refractivity contribution >= 4 is 27.5 Å². The van der Waals surface area contributed by atoms with Gasteiger partial charge in [-0.15, -0.1) is 0 Å². The summed E-state index contributed by atoms with van der Waals surface area (Å²) in [5.74, 6) is -2.68. The van der Waals surface area contributed by atoms with Crippen LogP contribution in [0, 0.1) is 11.6 Å². The molecule has 20 heavy (non-hydrogen) atoms. The van der Waals surface area contributed by atoms with Crippen molar-refractivity contribution in [2.24, 2.45) is 5.73 Å². The first-order chi connectivity index (χ1) is 9.47. The third-order valence-corrected chi connectivity index (χ3v) is 3.19. The Morgan fingerprint density at radius 2 is 1.90 bits per heavy atom. The third-order valence-electron chi connectivity index (χ3n) is 2.70. The lowest BCUT2D eigenvalue weighted by Gasteiger charge is -2.17. The van der Waals surface area contributed by atoms with Gasteiger partial charge in [0.15, 0.2) is 11.6 Å². The Morgan fingerprint density at radius 1 is 1.15 bits per heavy atom. The molecule has 0 aliphatic rings. The summed E-state index contributed by atoms with van der Waals surface area (Å²) in [6.45, 7) is 0. The van der Waals surface area contributed by atoms with Crippen LogP contribution in [0.4, 0.5) is 14.5 Å². The molecule has 0 aliphatic carbocycles. The Hall–Kier alpha value is -1.95. The van der Waals surface area contributed by atoms with Crippen molar-refractivity contribution in [1.29, 1.82) is 0 Å². The highest BCUT2D eigenvalue weighted by atomic mass is 79.9. The summed E-state index contributed by atoms with van der Waals surface area (Å²) in [6.07, 6.45) is 0. The van der Waals surface area contributed by atoms with Crippen LogP contribution in [0.5, 0.6) is 0 Å². The highest BCUT2D eigenvalue weighted by Gasteiger charge is 2.19. The fraction of sp³-hybridized carbons (Fsp3) is 0.0714. The van der Waals surface area contributed by atoms with Crippen LogP contribution in [0.1, 0.15) is 11.6 Å². The zero-order valence-electron chi connectivity index (χ0n) is 10.2. The number of nitrogens with two attached hydrogens (primary N) is 1. The third kappa shape index (κ3) is 3.33. The van der Waals surface area contributed by atoms with Gasteiger partial charge in [-0.1, -0.05) is 28.1 Å². The topological polar surface area (TPSA) is 55.1 Å². The number of nitrogens with one attached hydrogen (secondary N) is 1. The fourth-order valence-corrected chi connectivity index (χ4v) is 2.15. The van der Waals surface area contributed by atoms with E-state index in [1.54, 1.807) is 18.2 Å². The maximum Gasteiger partial charge on any atom is 0.244 e. The lowest BCUT2D eigenvalue weighted by molar-refractivity contribution is -0.118. The van der Waals surface area contributed by atoms with Crippen molar-refractivity contribution < 1.29 is 13.6 Å². The molecule has 0 fully saturated rings. The lowest BCUT2D eigenvalue weighted by atomic mass is 10.1. The number of carbonyl (C=O) groups excluding carboxylic acids is 1. The molecule has 2 rings (SSSR count). The van der Waals surface area contributed by atoms with Crippen LogP contribution in [0.3, 0.4) is 0 Å². The zero-order valence-corrected chi connectivity index (χ0v) is 11.8. The molecule has 2 aromatic rings. The molecule has 3 nitrogen and oxygen atoms in total. The molecule has 1 amide bonds. The molecule has 0 radical (unpaired) electrons. The van der Waals surface area contributed by atoms with Crippen molar-refractivity contribution in [3.63, 3.8) is 0 Å². The van der Waals surface area contributed by atoms with E-state index in [9.17, 15) is 13.6 Å². The Bertz CT molecular complexity index is 649. The van der Waals surface area contributed by atoms with E-state index in [1.165, 1.54) is 6.07 Å². The van der Waals surface area contributed by atoms with Gasteiger partial charge in [-0.3, -0.25) is 4.79 Å². The second kappa shape index (κ2) is 6.00. The van der Waals surface area contributed by atoms with Gasteiger partial charge in [-0.2, -0.15) is 0 Å². The minimum absolute atomic E-state index is 0.261. The van der Waals surface area contributed by atoms with Crippen LogP contribution in [0.25, 0.3) is 0 Å². The lowest BCUT2D eigenvalue weighted by Crippen LogP contribution is -2.27. The number of carbonyl (C=O) groups is 1. The van der Waals surface area contributed by atoms with E-state index in [1.807, 2.05) is 6.07 Å². The van der Waals surface area contributed by atoms with Crippen molar-refractivity contribution in [3.8, 4) is 0 Å². The molecule has 0 bridgehead atoms. The second-order valence-corrected chi connectivity index (χ2v) is 5.08. The minimum atomic E-state index is -1.02. The average molecular weight is 341 g/mol. The smallest absolute Gasteiger partial charge is 0.244 e. The number of halogens is 3. The first kappa shape index (κ1) is 14.5. The molecular formula is C14H11BrF2N2O. The van der Waals surface area contributed by atoms with E-state index in [-0.39, 0.29) is 5.56 Å². The predicted molar refractivity (Wildman–Crippen MR) is 76.1 cm³/mol. The number of primary amides is 1. The van der Waals surface area contributed by atoms with Crippen LogP contribution in [-0.2, 0) is 4.79 Å². The maximum atomic E-state index is 13.2. The molecule has 6 heteroatoms. The number of amides is 1. The number of benzene rings is 2. The second-order valence-electron chi connectivity index (χ2n) is 4.16. The van der Waals surface area contributed by atoms with Crippen LogP contribution in [0.15, 0.2) is 46.9 Å². The SMILES string of the molecule is NC(=O)C(Nc1cccc(Br)c1)c1ccc(F)c(F)c1. The highest BCUT2D eigenvalue weighted by molar-refractivity contribution is 9.10. The quantitative estimate of drug-likeness (QED) is 0.896. The van der Waals surface area contributed by atoms with Gasteiger partial charge in [0, 0.05) is 10.2 Å². The monoisotopic (exact) mass is 340 g/mol. The van der Waals surface area contributed by atoms with Gasteiger partial charge in [-0.25, -0.2) is 8.78 Å². The van der Waals surface area contributed by atoms with E-state index in [0.29, 0.717) is 5.69 Å². The normalized spacial score (nSPS) is 11.9. The predicted octanol–water partition coefficient (Wildman–Crippen LogP) is 3.37. The molecule has 0 aromatic heterocycles. The zero-order chi connectivity index (χ0) is 14.7. The van der Waals surface area contributed by atoms with E-state index in [4.69, 9.17) is 5.73 Å². The van der Waals surface area contributed by atoms with Gasteiger partial charge in [0.05, 0.1) is 0 Å². The van der Waals surface area contributed by atoms with Crippen LogP contribution < -0.4 is 11.1 Å². The van der Waals surface area contributed by atoms with Crippen LogP contribution >= 0.6 is 15.9 Å². The summed E-state index contributed by atoms with van der Waals surface area (Å²) in [6, 6.07) is 9.37. The maximum absolute atomic E-state index is 13.2. The van der Waals surface area contributed by atoms with Crippen molar-refractivity contribution in [2.45, 2.75) is 6.04 Å². The molecule has 104 valence electrons. The average Bonchev–Trinajstić information content (AvgIpc) is 2.39. The molecule has 0 aliphatic heterocycles. The molecule has 1 atom stereocenters. The van der Waals surface area contributed by atoms with Gasteiger partial charge in [0.2, 0.25) is 5.91 Å². The summed E-state index contributed by atoms with van der Waals surface area (Å²) < 4.78 is 27.0. The van der Waals surface area contributed by atoms with Crippen LogP contribution in [-0.4, -0.2) is 5.91 Å². The summed E-state index contributed by atoms with van der Waals surface area (Å²) in [5.41, 5.74) is 6.21. The standard InChI is InChI=1S/C14H11BrF2N2O/c15-9-2-1-3-10(7-9)19-13(14(18)20)8-4-5-11(16)12(17)6-8/h1-7,13,19H,(H2,18,20). The molecule has 0 saturated heterocycles. The van der Waals surface area contributed by atoms with Gasteiger partial charge in [0.1, 0.15) is 6.04 Å². The highest BCUT2D eigenvalue weighted by Crippen LogP contribution is 2.23. The molecule has 2 aromatic carbocycles. The Labute approximate surface area is 122 Å². The number of hydrogen-bond acceptors (Lipinski definition) is 2. The van der Waals surface area contributed by atoms with Crippen molar-refractivity contribution in [3.05, 3.63) is 64.1 Å². The Balaban J connectivity index is 2.32. The van der Waals surface area contributed by atoms with Gasteiger partial charge < -0.3 is 11.1 Å². The minimum Gasteiger partial charge on any atom is -0.370 e. The van der Waals surface area contributed by atoms with Crippen LogP contribution in [0.2, 0.25) is 0 Å². The molecule has 0 heterocycles. The molecule has 1 unspecified atom stereocenters. The first-order valence-corrected chi connectivity index (χ1v) is 6.53. The Morgan fingerprint density at radius 3 is 2.50 bits per heavy atom. The van der Waals surface area contributed by atoms with Gasteiger partial charge >= 0.3 is 0 Å². The summed E-state index contributed by atoms with van der Waals surface area (Å²) in [5, 5.41) is 2.89. The number of anilines is 1. The number of rotatable bonds is 4.